The van der Waals surface area contributed by atoms with E-state index in [0.717, 1.165) is 15.4 Å². The van der Waals surface area contributed by atoms with Crippen LogP contribution in [0.4, 0.5) is 0 Å². The molecule has 0 saturated carbocycles. The van der Waals surface area contributed by atoms with Gasteiger partial charge in [-0.1, -0.05) is 52.3 Å². The lowest BCUT2D eigenvalue weighted by molar-refractivity contribution is 0.0925. The molecule has 1 aromatic heterocycles. The highest BCUT2D eigenvalue weighted by Gasteiger charge is 2.13. The predicted molar refractivity (Wildman–Crippen MR) is 81.5 cm³/mol. The van der Waals surface area contributed by atoms with E-state index in [0.29, 0.717) is 17.9 Å². The molecule has 3 rings (SSSR count). The Labute approximate surface area is 124 Å². The van der Waals surface area contributed by atoms with Crippen molar-refractivity contribution >= 4 is 32.8 Å². The first kappa shape index (κ1) is 12.9. The van der Waals surface area contributed by atoms with Crippen molar-refractivity contribution in [1.29, 1.82) is 0 Å². The van der Waals surface area contributed by atoms with E-state index >= 15 is 0 Å². The van der Waals surface area contributed by atoms with Gasteiger partial charge in [-0.05, 0) is 23.8 Å². The Bertz CT molecular complexity index is 750. The van der Waals surface area contributed by atoms with E-state index < -0.39 is 0 Å². The van der Waals surface area contributed by atoms with Crippen molar-refractivity contribution in [3.05, 3.63) is 70.4 Å². The van der Waals surface area contributed by atoms with E-state index in [9.17, 15) is 4.79 Å². The van der Waals surface area contributed by atoms with Crippen LogP contribution in [0.15, 0.2) is 63.5 Å². The lowest BCUT2D eigenvalue weighted by atomic mass is 10.2. The zero-order chi connectivity index (χ0) is 13.9. The highest BCUT2D eigenvalue weighted by molar-refractivity contribution is 9.10. The molecule has 0 saturated heterocycles. The van der Waals surface area contributed by atoms with E-state index in [1.54, 1.807) is 6.07 Å². The zero-order valence-corrected chi connectivity index (χ0v) is 12.2. The summed E-state index contributed by atoms with van der Waals surface area (Å²) in [5.74, 6) is 0.111. The van der Waals surface area contributed by atoms with E-state index in [2.05, 4.69) is 21.2 Å². The van der Waals surface area contributed by atoms with Crippen LogP contribution < -0.4 is 5.32 Å². The highest BCUT2D eigenvalue weighted by atomic mass is 79.9. The smallest absolute Gasteiger partial charge is 0.287 e. The second-order valence-electron chi connectivity index (χ2n) is 4.43. The summed E-state index contributed by atoms with van der Waals surface area (Å²) in [6.07, 6.45) is 0. The molecule has 0 fully saturated rings. The van der Waals surface area contributed by atoms with Gasteiger partial charge in [-0.2, -0.15) is 0 Å². The molecule has 2 aromatic carbocycles. The van der Waals surface area contributed by atoms with Crippen molar-refractivity contribution in [3.8, 4) is 0 Å². The van der Waals surface area contributed by atoms with Gasteiger partial charge >= 0.3 is 0 Å². The minimum Gasteiger partial charge on any atom is -0.451 e. The maximum atomic E-state index is 12.1. The maximum absolute atomic E-state index is 12.1. The number of carbonyl (C=O) groups excluding carboxylic acids is 1. The summed E-state index contributed by atoms with van der Waals surface area (Å²) in [4.78, 5) is 12.1. The van der Waals surface area contributed by atoms with Gasteiger partial charge in [-0.3, -0.25) is 4.79 Å². The number of hydrogen-bond acceptors (Lipinski definition) is 2. The first-order chi connectivity index (χ1) is 9.74. The third kappa shape index (κ3) is 2.60. The van der Waals surface area contributed by atoms with Gasteiger partial charge in [0.05, 0.1) is 0 Å². The Morgan fingerprint density at radius 3 is 2.65 bits per heavy atom. The summed E-state index contributed by atoms with van der Waals surface area (Å²) in [6, 6.07) is 17.2. The van der Waals surface area contributed by atoms with Crippen molar-refractivity contribution in [2.45, 2.75) is 6.54 Å². The van der Waals surface area contributed by atoms with E-state index in [1.165, 1.54) is 0 Å². The van der Waals surface area contributed by atoms with Crippen molar-refractivity contribution in [3.63, 3.8) is 0 Å². The molecule has 0 atom stereocenters. The molecule has 0 radical (unpaired) electrons. The molecular formula is C16H12BrNO2. The summed E-state index contributed by atoms with van der Waals surface area (Å²) >= 11 is 3.44. The van der Waals surface area contributed by atoms with Crippen LogP contribution in [0.3, 0.4) is 0 Å². The standard InChI is InChI=1S/C16H12BrNO2/c17-13-7-4-8-14-12(13)9-15(20-14)16(19)18-10-11-5-2-1-3-6-11/h1-9H,10H2,(H,18,19). The molecule has 0 unspecified atom stereocenters. The molecule has 1 heterocycles. The van der Waals surface area contributed by atoms with Gasteiger partial charge < -0.3 is 9.73 Å². The van der Waals surface area contributed by atoms with Crippen LogP contribution in [0.1, 0.15) is 16.1 Å². The van der Waals surface area contributed by atoms with Gasteiger partial charge in [0.25, 0.3) is 5.91 Å². The first-order valence-corrected chi connectivity index (χ1v) is 7.03. The fourth-order valence-corrected chi connectivity index (χ4v) is 2.47. The van der Waals surface area contributed by atoms with Crippen LogP contribution in [0.5, 0.6) is 0 Å². The Morgan fingerprint density at radius 1 is 1.10 bits per heavy atom. The average molecular weight is 330 g/mol. The molecule has 100 valence electrons. The van der Waals surface area contributed by atoms with Crippen LogP contribution in [-0.2, 0) is 6.54 Å². The Hall–Kier alpha value is -2.07. The quantitative estimate of drug-likeness (QED) is 0.785. The van der Waals surface area contributed by atoms with E-state index in [1.807, 2.05) is 48.5 Å². The summed E-state index contributed by atoms with van der Waals surface area (Å²) in [5, 5.41) is 3.75. The fourth-order valence-electron chi connectivity index (χ4n) is 2.00. The minimum atomic E-state index is -0.211. The molecular weight excluding hydrogens is 318 g/mol. The van der Waals surface area contributed by atoms with Crippen LogP contribution >= 0.6 is 15.9 Å². The van der Waals surface area contributed by atoms with Crippen molar-refractivity contribution in [1.82, 2.24) is 5.32 Å². The van der Waals surface area contributed by atoms with Crippen LogP contribution in [0, 0.1) is 0 Å². The van der Waals surface area contributed by atoms with Crippen molar-refractivity contribution in [2.75, 3.05) is 0 Å². The summed E-state index contributed by atoms with van der Waals surface area (Å²) in [7, 11) is 0. The molecule has 1 N–H and O–H groups in total. The number of nitrogens with one attached hydrogen (secondary N) is 1. The third-order valence-corrected chi connectivity index (χ3v) is 3.72. The number of amides is 1. The molecule has 1 amide bonds. The zero-order valence-electron chi connectivity index (χ0n) is 10.6. The Balaban J connectivity index is 1.77. The van der Waals surface area contributed by atoms with E-state index in [4.69, 9.17) is 4.42 Å². The maximum Gasteiger partial charge on any atom is 0.287 e. The number of benzene rings is 2. The van der Waals surface area contributed by atoms with Crippen molar-refractivity contribution in [2.24, 2.45) is 0 Å². The van der Waals surface area contributed by atoms with Crippen LogP contribution in [0.2, 0.25) is 0 Å². The monoisotopic (exact) mass is 329 g/mol. The molecule has 0 aliphatic heterocycles. The van der Waals surface area contributed by atoms with Crippen molar-refractivity contribution < 1.29 is 9.21 Å². The van der Waals surface area contributed by atoms with Gasteiger partial charge in [-0.25, -0.2) is 0 Å². The average Bonchev–Trinajstić information content (AvgIpc) is 2.91. The van der Waals surface area contributed by atoms with Gasteiger partial charge in [0.15, 0.2) is 5.76 Å². The minimum absolute atomic E-state index is 0.211. The second kappa shape index (κ2) is 5.51. The topological polar surface area (TPSA) is 42.2 Å². The Kier molecular flexibility index (Phi) is 3.56. The number of furan rings is 1. The molecule has 0 aliphatic rings. The normalized spacial score (nSPS) is 10.7. The number of halogens is 1. The predicted octanol–water partition coefficient (Wildman–Crippen LogP) is 4.13. The summed E-state index contributed by atoms with van der Waals surface area (Å²) in [6.45, 7) is 0.484. The van der Waals surface area contributed by atoms with Gasteiger partial charge in [0.1, 0.15) is 5.58 Å². The first-order valence-electron chi connectivity index (χ1n) is 6.24. The molecule has 20 heavy (non-hydrogen) atoms. The summed E-state index contributed by atoms with van der Waals surface area (Å²) in [5.41, 5.74) is 1.75. The lowest BCUT2D eigenvalue weighted by Gasteiger charge is -2.02. The van der Waals surface area contributed by atoms with Gasteiger partial charge in [-0.15, -0.1) is 0 Å². The van der Waals surface area contributed by atoms with Crippen LogP contribution in [0.25, 0.3) is 11.0 Å². The highest BCUT2D eigenvalue weighted by Crippen LogP contribution is 2.26. The number of hydrogen-bond donors (Lipinski definition) is 1. The largest absolute Gasteiger partial charge is 0.451 e. The third-order valence-electron chi connectivity index (χ3n) is 3.03. The van der Waals surface area contributed by atoms with E-state index in [-0.39, 0.29) is 5.91 Å². The molecule has 4 heteroatoms. The second-order valence-corrected chi connectivity index (χ2v) is 5.28. The molecule has 3 nitrogen and oxygen atoms in total. The fraction of sp³-hybridized carbons (Fsp3) is 0.0625. The van der Waals surface area contributed by atoms with Gasteiger partial charge in [0, 0.05) is 16.4 Å². The number of fused-ring (bicyclic) bond motifs is 1. The SMILES string of the molecule is O=C(NCc1ccccc1)c1cc2c(Br)cccc2o1. The van der Waals surface area contributed by atoms with Crippen LogP contribution in [-0.4, -0.2) is 5.91 Å². The Morgan fingerprint density at radius 2 is 1.90 bits per heavy atom. The number of carbonyl (C=O) groups is 1. The summed E-state index contributed by atoms with van der Waals surface area (Å²) < 4.78 is 6.47. The number of rotatable bonds is 3. The van der Waals surface area contributed by atoms with Gasteiger partial charge in [0.2, 0.25) is 0 Å². The molecule has 0 spiro atoms. The lowest BCUT2D eigenvalue weighted by Crippen LogP contribution is -2.22. The molecule has 0 aliphatic carbocycles. The molecule has 3 aromatic rings. The molecule has 0 bridgehead atoms.